The zero-order valence-electron chi connectivity index (χ0n) is 12.8. The van der Waals surface area contributed by atoms with Crippen LogP contribution in [-0.2, 0) is 13.6 Å². The van der Waals surface area contributed by atoms with Crippen molar-refractivity contribution in [2.24, 2.45) is 7.05 Å². The Morgan fingerprint density at radius 3 is 3.00 bits per heavy atom. The molecular weight excluding hydrogens is 325 g/mol. The molecule has 1 fully saturated rings. The van der Waals surface area contributed by atoms with E-state index in [0.29, 0.717) is 29.6 Å². The third-order valence-corrected chi connectivity index (χ3v) is 3.93. The molecule has 0 spiro atoms. The highest BCUT2D eigenvalue weighted by Gasteiger charge is 2.28. The third kappa shape index (κ3) is 3.35. The number of hydrogen-bond acceptors (Lipinski definition) is 5. The highest BCUT2D eigenvalue weighted by molar-refractivity contribution is 6.33. The molecule has 0 radical (unpaired) electrons. The first-order valence-electron chi connectivity index (χ1n) is 7.17. The quantitative estimate of drug-likeness (QED) is 0.859. The molecule has 2 aromatic heterocycles. The van der Waals surface area contributed by atoms with Crippen LogP contribution in [0.2, 0.25) is 5.02 Å². The van der Waals surface area contributed by atoms with Gasteiger partial charge in [-0.25, -0.2) is 9.37 Å². The number of alkyl halides is 1. The predicted octanol–water partition coefficient (Wildman–Crippen LogP) is 0.836. The first kappa shape index (κ1) is 15.9. The molecule has 3 heterocycles. The minimum absolute atomic E-state index is 0.189. The number of halogens is 2. The van der Waals surface area contributed by atoms with Crippen molar-refractivity contribution in [1.82, 2.24) is 35.2 Å². The van der Waals surface area contributed by atoms with E-state index in [2.05, 4.69) is 25.6 Å². The smallest absolute Gasteiger partial charge is 0.276 e. The molecule has 1 aliphatic rings. The first-order valence-corrected chi connectivity index (χ1v) is 7.55. The van der Waals surface area contributed by atoms with Gasteiger partial charge < -0.3 is 10.2 Å². The summed E-state index contributed by atoms with van der Waals surface area (Å²) in [5, 5.41) is 14.2. The van der Waals surface area contributed by atoms with Crippen molar-refractivity contribution in [3.05, 3.63) is 28.6 Å². The molecule has 3 rings (SSSR count). The zero-order chi connectivity index (χ0) is 16.6. The summed E-state index contributed by atoms with van der Waals surface area (Å²) >= 11 is 5.98. The van der Waals surface area contributed by atoms with Gasteiger partial charge in [0.05, 0.1) is 17.6 Å². The molecule has 8 nitrogen and oxygen atoms in total. The van der Waals surface area contributed by atoms with E-state index in [9.17, 15) is 9.18 Å². The molecular formula is C13H17ClFN7O. The molecule has 2 atom stereocenters. The Kier molecular flexibility index (Phi) is 4.31. The topological polar surface area (TPSA) is 91.7 Å². The van der Waals surface area contributed by atoms with Crippen LogP contribution in [0.1, 0.15) is 34.6 Å². The highest BCUT2D eigenvalue weighted by Crippen LogP contribution is 2.22. The number of amides is 1. The molecule has 0 bridgehead atoms. The van der Waals surface area contributed by atoms with E-state index in [1.165, 1.54) is 9.58 Å². The average Bonchev–Trinajstić information content (AvgIpc) is 3.19. The fourth-order valence-corrected chi connectivity index (χ4v) is 2.77. The molecule has 124 valence electrons. The Morgan fingerprint density at radius 2 is 2.39 bits per heavy atom. The number of H-pyrrole nitrogens is 1. The monoisotopic (exact) mass is 341 g/mol. The molecule has 1 amide bonds. The van der Waals surface area contributed by atoms with Gasteiger partial charge in [0.2, 0.25) is 0 Å². The minimum Gasteiger partial charge on any atom is -0.333 e. The summed E-state index contributed by atoms with van der Waals surface area (Å²) in [5.74, 6) is 0.722. The summed E-state index contributed by atoms with van der Waals surface area (Å²) in [4.78, 5) is 18.1. The lowest BCUT2D eigenvalue weighted by Crippen LogP contribution is -2.27. The van der Waals surface area contributed by atoms with Gasteiger partial charge in [-0.15, -0.1) is 0 Å². The lowest BCUT2D eigenvalue weighted by Gasteiger charge is -2.14. The maximum Gasteiger partial charge on any atom is 0.276 e. The second-order valence-electron chi connectivity index (χ2n) is 5.59. The summed E-state index contributed by atoms with van der Waals surface area (Å²) in [6.07, 6.45) is 1.04. The maximum absolute atomic E-state index is 13.2. The van der Waals surface area contributed by atoms with Crippen LogP contribution in [0.25, 0.3) is 0 Å². The van der Waals surface area contributed by atoms with Gasteiger partial charge in [-0.3, -0.25) is 14.6 Å². The van der Waals surface area contributed by atoms with Gasteiger partial charge in [-0.2, -0.15) is 10.2 Å². The van der Waals surface area contributed by atoms with E-state index < -0.39 is 6.17 Å². The van der Waals surface area contributed by atoms with Crippen LogP contribution in [0.3, 0.4) is 0 Å². The van der Waals surface area contributed by atoms with Gasteiger partial charge in [0, 0.05) is 33.3 Å². The third-order valence-electron chi connectivity index (χ3n) is 3.66. The van der Waals surface area contributed by atoms with Crippen LogP contribution < -0.4 is 5.32 Å². The first-order chi connectivity index (χ1) is 10.9. The number of hydrogen-bond donors (Lipinski definition) is 2. The Bertz CT molecular complexity index is 715. The SMILES string of the molecule is CN(Cc1nc([C@H]2C[C@H](F)CN2)n[nH]1)C(=O)c1nn(C)cc1Cl. The standard InChI is InChI=1S/C13H17ClFN7O/c1-21(13(23)11-8(14)5-22(2)20-11)6-10-17-12(19-18-10)9-3-7(15)4-16-9/h5,7,9,16H,3-4,6H2,1-2H3,(H,17,18,19)/t7-,9+/m0/s1. The van der Waals surface area contributed by atoms with Crippen molar-refractivity contribution in [2.45, 2.75) is 25.2 Å². The Morgan fingerprint density at radius 1 is 1.61 bits per heavy atom. The van der Waals surface area contributed by atoms with Gasteiger partial charge in [0.1, 0.15) is 12.0 Å². The summed E-state index contributed by atoms with van der Waals surface area (Å²) in [5.41, 5.74) is 0.189. The summed E-state index contributed by atoms with van der Waals surface area (Å²) in [7, 11) is 3.32. The summed E-state index contributed by atoms with van der Waals surface area (Å²) < 4.78 is 14.7. The number of aryl methyl sites for hydroxylation is 1. The van der Waals surface area contributed by atoms with Crippen LogP contribution >= 0.6 is 11.6 Å². The number of rotatable bonds is 4. The molecule has 2 aromatic rings. The number of carbonyl (C=O) groups is 1. The molecule has 23 heavy (non-hydrogen) atoms. The van der Waals surface area contributed by atoms with Crippen molar-refractivity contribution in [2.75, 3.05) is 13.6 Å². The Labute approximate surface area is 137 Å². The molecule has 1 saturated heterocycles. The lowest BCUT2D eigenvalue weighted by atomic mass is 10.2. The van der Waals surface area contributed by atoms with E-state index in [4.69, 9.17) is 11.6 Å². The number of carbonyl (C=O) groups excluding carboxylic acids is 1. The zero-order valence-corrected chi connectivity index (χ0v) is 13.5. The van der Waals surface area contributed by atoms with Gasteiger partial charge in [-0.1, -0.05) is 11.6 Å². The van der Waals surface area contributed by atoms with Crippen molar-refractivity contribution in [3.8, 4) is 0 Å². The van der Waals surface area contributed by atoms with Gasteiger partial charge in [-0.05, 0) is 0 Å². The number of aromatic nitrogens is 5. The second kappa shape index (κ2) is 6.25. The van der Waals surface area contributed by atoms with E-state index in [1.807, 2.05) is 0 Å². The lowest BCUT2D eigenvalue weighted by molar-refractivity contribution is 0.0775. The number of nitrogens with zero attached hydrogens (tertiary/aromatic N) is 5. The van der Waals surface area contributed by atoms with E-state index >= 15 is 0 Å². The highest BCUT2D eigenvalue weighted by atomic mass is 35.5. The molecule has 0 aliphatic carbocycles. The van der Waals surface area contributed by atoms with Gasteiger partial charge in [0.25, 0.3) is 5.91 Å². The van der Waals surface area contributed by atoms with Gasteiger partial charge >= 0.3 is 0 Å². The largest absolute Gasteiger partial charge is 0.333 e. The predicted molar refractivity (Wildman–Crippen MR) is 80.7 cm³/mol. The van der Waals surface area contributed by atoms with Crippen molar-refractivity contribution < 1.29 is 9.18 Å². The van der Waals surface area contributed by atoms with Crippen molar-refractivity contribution >= 4 is 17.5 Å². The van der Waals surface area contributed by atoms with E-state index in [-0.39, 0.29) is 24.2 Å². The van der Waals surface area contributed by atoms with Crippen LogP contribution in [0.15, 0.2) is 6.20 Å². The second-order valence-corrected chi connectivity index (χ2v) is 6.00. The molecule has 1 aliphatic heterocycles. The Hall–Kier alpha value is -2.00. The van der Waals surface area contributed by atoms with Crippen LogP contribution in [0, 0.1) is 0 Å². The number of aromatic amines is 1. The molecule has 2 N–H and O–H groups in total. The minimum atomic E-state index is -0.877. The molecule has 0 unspecified atom stereocenters. The van der Waals surface area contributed by atoms with E-state index in [1.54, 1.807) is 20.3 Å². The fourth-order valence-electron chi connectivity index (χ4n) is 2.51. The summed E-state index contributed by atoms with van der Waals surface area (Å²) in [6.45, 7) is 0.537. The van der Waals surface area contributed by atoms with E-state index in [0.717, 1.165) is 0 Å². The normalized spacial score (nSPS) is 20.9. The molecule has 0 saturated carbocycles. The Balaban J connectivity index is 1.66. The molecule has 0 aromatic carbocycles. The fraction of sp³-hybridized carbons (Fsp3) is 0.538. The van der Waals surface area contributed by atoms with Crippen molar-refractivity contribution in [3.63, 3.8) is 0 Å². The maximum atomic E-state index is 13.2. The molecule has 10 heteroatoms. The van der Waals surface area contributed by atoms with Crippen LogP contribution in [0.5, 0.6) is 0 Å². The van der Waals surface area contributed by atoms with Crippen LogP contribution in [-0.4, -0.2) is 55.5 Å². The summed E-state index contributed by atoms with van der Waals surface area (Å²) in [6, 6.07) is -0.193. The number of nitrogens with one attached hydrogen (secondary N) is 2. The average molecular weight is 342 g/mol. The van der Waals surface area contributed by atoms with Crippen molar-refractivity contribution in [1.29, 1.82) is 0 Å². The van der Waals surface area contributed by atoms with Gasteiger partial charge in [0.15, 0.2) is 11.5 Å². The van der Waals surface area contributed by atoms with Crippen LogP contribution in [0.4, 0.5) is 4.39 Å².